The molecule has 2 aromatic carbocycles. The van der Waals surface area contributed by atoms with Crippen molar-refractivity contribution in [3.63, 3.8) is 0 Å². The van der Waals surface area contributed by atoms with E-state index >= 15 is 0 Å². The number of hydrogen-bond donors (Lipinski definition) is 0. The lowest BCUT2D eigenvalue weighted by molar-refractivity contribution is -0.137. The topological polar surface area (TPSA) is 49.9 Å². The van der Waals surface area contributed by atoms with E-state index in [4.69, 9.17) is 16.3 Å². The maximum atomic E-state index is 13.0. The molecular weight excluding hydrogens is 428 g/mol. The summed E-state index contributed by atoms with van der Waals surface area (Å²) in [6.07, 6.45) is -4.46. The molecule has 160 valence electrons. The molecule has 0 bridgehead atoms. The smallest absolute Gasteiger partial charge is 0.416 e. The Hall–Kier alpha value is -2.81. The lowest BCUT2D eigenvalue weighted by Gasteiger charge is -2.34. The summed E-state index contributed by atoms with van der Waals surface area (Å²) in [5.74, 6) is -1.06. The van der Waals surface area contributed by atoms with Gasteiger partial charge in [-0.1, -0.05) is 11.6 Å². The quantitative estimate of drug-likeness (QED) is 0.673. The van der Waals surface area contributed by atoms with Crippen LogP contribution in [0.25, 0.3) is 0 Å². The molecule has 5 nitrogen and oxygen atoms in total. The fourth-order valence-electron chi connectivity index (χ4n) is 2.97. The average molecular weight is 445 g/mol. The summed E-state index contributed by atoms with van der Waals surface area (Å²) < 4.78 is 56.3. The number of hydrogen-bond acceptors (Lipinski definition) is 3. The highest BCUT2D eigenvalue weighted by Crippen LogP contribution is 2.29. The Bertz CT molecular complexity index is 927. The molecule has 2 aromatic rings. The fourth-order valence-corrected chi connectivity index (χ4v) is 3.19. The minimum Gasteiger partial charge on any atom is -0.482 e. The molecule has 0 N–H and O–H groups in total. The first kappa shape index (κ1) is 21.9. The Labute approximate surface area is 174 Å². The summed E-state index contributed by atoms with van der Waals surface area (Å²) in [6.45, 7) is 0.696. The van der Waals surface area contributed by atoms with E-state index in [2.05, 4.69) is 0 Å². The van der Waals surface area contributed by atoms with Gasteiger partial charge in [-0.2, -0.15) is 13.2 Å². The number of nitrogens with zero attached hydrogens (tertiary/aromatic N) is 2. The summed E-state index contributed by atoms with van der Waals surface area (Å²) in [5, 5.41) is 0.0507. The number of piperazine rings is 1. The molecule has 0 saturated carbocycles. The third kappa shape index (κ3) is 5.21. The number of ether oxygens (including phenoxy) is 1. The molecule has 0 spiro atoms. The van der Waals surface area contributed by atoms with Gasteiger partial charge >= 0.3 is 6.18 Å². The molecule has 2 amide bonds. The second-order valence-electron chi connectivity index (χ2n) is 6.61. The van der Waals surface area contributed by atoms with Crippen LogP contribution in [0.2, 0.25) is 5.02 Å². The number of carbonyl (C=O) groups excluding carboxylic acids is 2. The first-order valence-corrected chi connectivity index (χ1v) is 9.35. The predicted molar refractivity (Wildman–Crippen MR) is 101 cm³/mol. The van der Waals surface area contributed by atoms with Gasteiger partial charge < -0.3 is 14.5 Å². The largest absolute Gasteiger partial charge is 0.482 e. The first-order valence-electron chi connectivity index (χ1n) is 8.97. The number of amides is 2. The first-order chi connectivity index (χ1) is 14.1. The number of alkyl halides is 3. The van der Waals surface area contributed by atoms with Crippen molar-refractivity contribution < 1.29 is 31.9 Å². The van der Waals surface area contributed by atoms with E-state index in [0.29, 0.717) is 0 Å². The molecule has 3 rings (SSSR count). The predicted octanol–water partition coefficient (Wildman–Crippen LogP) is 3.86. The Morgan fingerprint density at radius 2 is 1.57 bits per heavy atom. The molecule has 30 heavy (non-hydrogen) atoms. The third-order valence-corrected chi connectivity index (χ3v) is 4.92. The van der Waals surface area contributed by atoms with Crippen LogP contribution in [-0.4, -0.2) is 54.4 Å². The molecule has 1 saturated heterocycles. The number of carbonyl (C=O) groups is 2. The summed E-state index contributed by atoms with van der Waals surface area (Å²) in [4.78, 5) is 27.8. The van der Waals surface area contributed by atoms with E-state index in [9.17, 15) is 27.2 Å². The van der Waals surface area contributed by atoms with Gasteiger partial charge in [0.25, 0.3) is 11.8 Å². The molecule has 1 fully saturated rings. The van der Waals surface area contributed by atoms with Gasteiger partial charge in [0, 0.05) is 31.7 Å². The van der Waals surface area contributed by atoms with Crippen molar-refractivity contribution in [2.24, 2.45) is 0 Å². The van der Waals surface area contributed by atoms with E-state index in [1.807, 2.05) is 0 Å². The van der Waals surface area contributed by atoms with Crippen molar-refractivity contribution >= 4 is 23.4 Å². The highest BCUT2D eigenvalue weighted by Gasteiger charge is 2.31. The molecule has 1 aliphatic heterocycles. The Morgan fingerprint density at radius 3 is 2.13 bits per heavy atom. The van der Waals surface area contributed by atoms with Gasteiger partial charge in [0.05, 0.1) is 10.6 Å². The Morgan fingerprint density at radius 1 is 0.967 bits per heavy atom. The van der Waals surface area contributed by atoms with Gasteiger partial charge in [-0.3, -0.25) is 9.59 Å². The second kappa shape index (κ2) is 8.91. The summed E-state index contributed by atoms with van der Waals surface area (Å²) in [5.41, 5.74) is -0.673. The zero-order valence-corrected chi connectivity index (χ0v) is 16.3. The molecular formula is C20H17ClF4N2O3. The minimum atomic E-state index is -4.46. The van der Waals surface area contributed by atoms with Crippen molar-refractivity contribution in [1.82, 2.24) is 9.80 Å². The summed E-state index contributed by atoms with van der Waals surface area (Å²) >= 11 is 5.85. The molecule has 0 radical (unpaired) electrons. The van der Waals surface area contributed by atoms with Gasteiger partial charge in [-0.05, 0) is 42.5 Å². The maximum absolute atomic E-state index is 13.0. The zero-order valence-electron chi connectivity index (χ0n) is 15.6. The van der Waals surface area contributed by atoms with Gasteiger partial charge in [0.1, 0.15) is 11.6 Å². The van der Waals surface area contributed by atoms with Gasteiger partial charge in [0.15, 0.2) is 6.61 Å². The minimum absolute atomic E-state index is 0.0507. The van der Waals surface area contributed by atoms with Crippen molar-refractivity contribution in [1.29, 1.82) is 0 Å². The van der Waals surface area contributed by atoms with Gasteiger partial charge in [-0.25, -0.2) is 4.39 Å². The third-order valence-electron chi connectivity index (χ3n) is 4.62. The van der Waals surface area contributed by atoms with E-state index in [-0.39, 0.29) is 55.0 Å². The van der Waals surface area contributed by atoms with Crippen LogP contribution < -0.4 is 4.74 Å². The normalized spacial score (nSPS) is 14.6. The summed E-state index contributed by atoms with van der Waals surface area (Å²) in [7, 11) is 0. The van der Waals surface area contributed by atoms with Crippen LogP contribution in [0.15, 0.2) is 42.5 Å². The van der Waals surface area contributed by atoms with Crippen LogP contribution in [0, 0.1) is 5.82 Å². The van der Waals surface area contributed by atoms with Crippen LogP contribution in [0.4, 0.5) is 17.6 Å². The molecule has 0 aromatic heterocycles. The fraction of sp³-hybridized carbons (Fsp3) is 0.300. The van der Waals surface area contributed by atoms with Crippen LogP contribution in [0.3, 0.4) is 0 Å². The Balaban J connectivity index is 1.51. The number of benzene rings is 2. The molecule has 0 aliphatic carbocycles. The van der Waals surface area contributed by atoms with Crippen LogP contribution in [0.1, 0.15) is 15.9 Å². The van der Waals surface area contributed by atoms with Crippen LogP contribution in [-0.2, 0) is 11.0 Å². The van der Waals surface area contributed by atoms with E-state index in [0.717, 1.165) is 36.4 Å². The van der Waals surface area contributed by atoms with Gasteiger partial charge in [-0.15, -0.1) is 0 Å². The lowest BCUT2D eigenvalue weighted by Crippen LogP contribution is -2.51. The standard InChI is InChI=1S/C20H17ClF4N2O3/c21-16-11-15(22)5-6-17(16)30-12-18(28)26-7-9-27(10-8-26)19(29)13-1-3-14(4-2-13)20(23,24)25/h1-6,11H,7-10,12H2. The van der Waals surface area contributed by atoms with Crippen LogP contribution in [0.5, 0.6) is 5.75 Å². The summed E-state index contributed by atoms with van der Waals surface area (Å²) in [6, 6.07) is 7.58. The van der Waals surface area contributed by atoms with Crippen LogP contribution >= 0.6 is 11.6 Å². The highest BCUT2D eigenvalue weighted by atomic mass is 35.5. The molecule has 10 heteroatoms. The molecule has 1 heterocycles. The van der Waals surface area contributed by atoms with Crippen molar-refractivity contribution in [2.75, 3.05) is 32.8 Å². The number of rotatable bonds is 4. The van der Waals surface area contributed by atoms with E-state index < -0.39 is 23.5 Å². The second-order valence-corrected chi connectivity index (χ2v) is 7.02. The van der Waals surface area contributed by atoms with Crippen molar-refractivity contribution in [3.8, 4) is 5.75 Å². The maximum Gasteiger partial charge on any atom is 0.416 e. The zero-order chi connectivity index (χ0) is 21.9. The lowest BCUT2D eigenvalue weighted by atomic mass is 10.1. The molecule has 1 aliphatic rings. The number of halogens is 5. The molecule has 0 unspecified atom stereocenters. The van der Waals surface area contributed by atoms with Gasteiger partial charge in [0.2, 0.25) is 0 Å². The highest BCUT2D eigenvalue weighted by molar-refractivity contribution is 6.32. The Kier molecular flexibility index (Phi) is 6.50. The van der Waals surface area contributed by atoms with E-state index in [1.54, 1.807) is 0 Å². The van der Waals surface area contributed by atoms with Crippen molar-refractivity contribution in [2.45, 2.75) is 6.18 Å². The van der Waals surface area contributed by atoms with Crippen molar-refractivity contribution in [3.05, 3.63) is 64.4 Å². The van der Waals surface area contributed by atoms with E-state index in [1.165, 1.54) is 15.9 Å². The molecule has 0 atom stereocenters. The SMILES string of the molecule is O=C(COc1ccc(F)cc1Cl)N1CCN(C(=O)c2ccc(C(F)(F)F)cc2)CC1. The average Bonchev–Trinajstić information content (AvgIpc) is 2.72. The monoisotopic (exact) mass is 444 g/mol.